The highest BCUT2D eigenvalue weighted by Gasteiger charge is 2.81. The van der Waals surface area contributed by atoms with Gasteiger partial charge in [-0.2, -0.15) is 0 Å². The van der Waals surface area contributed by atoms with Gasteiger partial charge in [0.05, 0.1) is 11.5 Å². The molecular formula is C33H41F2NO4. The number of likely N-dealkylation sites (tertiary alicyclic amines) is 1. The lowest BCUT2D eigenvalue weighted by Crippen LogP contribution is -2.72. The number of carbonyl (C=O) groups excluding carboxylic acids is 2. The van der Waals surface area contributed by atoms with Crippen LogP contribution in [0.25, 0.3) is 0 Å². The summed E-state index contributed by atoms with van der Waals surface area (Å²) >= 11 is 0. The van der Waals surface area contributed by atoms with Crippen LogP contribution in [0.3, 0.4) is 0 Å². The Hall–Kier alpha value is -2.22. The fraction of sp³-hybridized carbons (Fsp3) is 0.636. The summed E-state index contributed by atoms with van der Waals surface area (Å²) in [5, 5.41) is 22.0. The lowest BCUT2D eigenvalue weighted by Gasteiger charge is -2.67. The Balaban J connectivity index is 1.35. The standard InChI is InChI=1S/C33H41F2NO4/c1-29-12-11-23(38)14-24(29)25(34)15-26-30(2)16-22-18-36(13-7-10-21-8-5-4-6-9-21)20-32(22,28(40)19-37)31(30,3)17-27(39)33(26,29)35/h4-6,8-9,11-12,14,22,25-27,37,39H,7,10,13,15-20H2,1-3H3. The molecule has 1 aromatic rings. The third kappa shape index (κ3) is 3.34. The van der Waals surface area contributed by atoms with Crippen molar-refractivity contribution < 1.29 is 28.6 Å². The van der Waals surface area contributed by atoms with Crippen LogP contribution in [0.15, 0.2) is 54.1 Å². The van der Waals surface area contributed by atoms with Crippen molar-refractivity contribution in [1.29, 1.82) is 0 Å². The second-order valence-electron chi connectivity index (χ2n) is 13.8. The fourth-order valence-corrected chi connectivity index (χ4v) is 10.3. The van der Waals surface area contributed by atoms with Gasteiger partial charge in [0.1, 0.15) is 12.8 Å². The third-order valence-corrected chi connectivity index (χ3v) is 12.4. The number of alkyl halides is 2. The maximum Gasteiger partial charge on any atom is 0.178 e. The number of aliphatic hydroxyl groups is 2. The second kappa shape index (κ2) is 9.14. The topological polar surface area (TPSA) is 77.8 Å². The van der Waals surface area contributed by atoms with E-state index in [9.17, 15) is 19.8 Å². The Morgan fingerprint density at radius 3 is 2.58 bits per heavy atom. The van der Waals surface area contributed by atoms with Crippen LogP contribution in [0.2, 0.25) is 0 Å². The van der Waals surface area contributed by atoms with Gasteiger partial charge in [-0.15, -0.1) is 0 Å². The van der Waals surface area contributed by atoms with Crippen molar-refractivity contribution in [1.82, 2.24) is 4.90 Å². The molecule has 5 aliphatic rings. The first kappa shape index (κ1) is 27.9. The number of rotatable bonds is 6. The molecule has 0 spiro atoms. The largest absolute Gasteiger partial charge is 0.390 e. The highest BCUT2D eigenvalue weighted by Crippen LogP contribution is 2.79. The molecule has 40 heavy (non-hydrogen) atoms. The summed E-state index contributed by atoms with van der Waals surface area (Å²) in [7, 11) is 0. The molecule has 0 radical (unpaired) electrons. The SMILES string of the molecule is CC12C=CC(=O)C=C1C(F)CC1C3(C)CC4CN(CCCc5ccccc5)CC4(C(=O)CO)C3(C)CC(O)C12F. The van der Waals surface area contributed by atoms with E-state index >= 15 is 8.78 Å². The molecule has 1 aliphatic heterocycles. The number of aliphatic hydroxyl groups excluding tert-OH is 2. The molecule has 4 fully saturated rings. The van der Waals surface area contributed by atoms with Gasteiger partial charge in [0.15, 0.2) is 17.2 Å². The summed E-state index contributed by atoms with van der Waals surface area (Å²) in [6.07, 6.45) is 3.25. The van der Waals surface area contributed by atoms with Gasteiger partial charge in [-0.05, 0) is 85.6 Å². The quantitative estimate of drug-likeness (QED) is 0.546. The zero-order valence-electron chi connectivity index (χ0n) is 23.7. The van der Waals surface area contributed by atoms with Crippen molar-refractivity contribution in [3.8, 4) is 0 Å². The highest BCUT2D eigenvalue weighted by molar-refractivity contribution is 6.01. The van der Waals surface area contributed by atoms with Crippen molar-refractivity contribution in [2.45, 2.75) is 70.8 Å². The molecule has 9 unspecified atom stereocenters. The zero-order valence-corrected chi connectivity index (χ0v) is 23.7. The molecule has 1 saturated heterocycles. The molecule has 6 rings (SSSR count). The number of hydrogen-bond acceptors (Lipinski definition) is 5. The summed E-state index contributed by atoms with van der Waals surface area (Å²) in [6, 6.07) is 10.3. The number of nitrogens with zero attached hydrogens (tertiary/aromatic N) is 1. The molecule has 1 aromatic carbocycles. The summed E-state index contributed by atoms with van der Waals surface area (Å²) < 4.78 is 33.6. The summed E-state index contributed by atoms with van der Waals surface area (Å²) in [6.45, 7) is 6.88. The van der Waals surface area contributed by atoms with Crippen LogP contribution in [-0.2, 0) is 16.0 Å². The van der Waals surface area contributed by atoms with Crippen LogP contribution >= 0.6 is 0 Å². The summed E-state index contributed by atoms with van der Waals surface area (Å²) in [5.74, 6) is -1.60. The van der Waals surface area contributed by atoms with Gasteiger partial charge in [0.2, 0.25) is 0 Å². The van der Waals surface area contributed by atoms with E-state index in [1.54, 1.807) is 6.92 Å². The molecule has 3 saturated carbocycles. The van der Waals surface area contributed by atoms with Crippen molar-refractivity contribution >= 4 is 11.6 Å². The predicted molar refractivity (Wildman–Crippen MR) is 148 cm³/mol. The Morgan fingerprint density at radius 1 is 1.15 bits per heavy atom. The Morgan fingerprint density at radius 2 is 1.88 bits per heavy atom. The van der Waals surface area contributed by atoms with Crippen LogP contribution in [0.1, 0.15) is 52.0 Å². The van der Waals surface area contributed by atoms with Crippen LogP contribution in [-0.4, -0.2) is 70.9 Å². The zero-order chi connectivity index (χ0) is 28.7. The van der Waals surface area contributed by atoms with Gasteiger partial charge in [-0.3, -0.25) is 9.59 Å². The number of fused-ring (bicyclic) bond motifs is 7. The van der Waals surface area contributed by atoms with Gasteiger partial charge in [-0.25, -0.2) is 8.78 Å². The smallest absolute Gasteiger partial charge is 0.178 e. The number of halogens is 2. The van der Waals surface area contributed by atoms with Crippen LogP contribution in [0.5, 0.6) is 0 Å². The first-order chi connectivity index (χ1) is 18.9. The first-order valence-electron chi connectivity index (χ1n) is 14.7. The van der Waals surface area contributed by atoms with E-state index in [1.807, 2.05) is 32.0 Å². The van der Waals surface area contributed by atoms with Gasteiger partial charge < -0.3 is 15.1 Å². The number of ketones is 2. The Bertz CT molecular complexity index is 1280. The van der Waals surface area contributed by atoms with E-state index in [4.69, 9.17) is 0 Å². The summed E-state index contributed by atoms with van der Waals surface area (Å²) in [4.78, 5) is 28.2. The molecule has 0 aromatic heterocycles. The molecule has 5 nitrogen and oxygen atoms in total. The van der Waals surface area contributed by atoms with E-state index in [0.29, 0.717) is 19.5 Å². The van der Waals surface area contributed by atoms with E-state index in [0.717, 1.165) is 19.4 Å². The molecule has 1 heterocycles. The lowest BCUT2D eigenvalue weighted by molar-refractivity contribution is -0.242. The highest BCUT2D eigenvalue weighted by atomic mass is 19.1. The van der Waals surface area contributed by atoms with E-state index in [2.05, 4.69) is 17.0 Å². The fourth-order valence-electron chi connectivity index (χ4n) is 10.3. The summed E-state index contributed by atoms with van der Waals surface area (Å²) in [5.41, 5.74) is -4.87. The molecule has 4 aliphatic carbocycles. The van der Waals surface area contributed by atoms with Crippen molar-refractivity contribution in [2.24, 2.45) is 33.5 Å². The molecule has 7 heteroatoms. The van der Waals surface area contributed by atoms with Crippen molar-refractivity contribution in [3.05, 3.63) is 59.7 Å². The minimum atomic E-state index is -2.19. The molecule has 9 atom stereocenters. The van der Waals surface area contributed by atoms with Gasteiger partial charge in [0, 0.05) is 24.4 Å². The van der Waals surface area contributed by atoms with E-state index in [1.165, 1.54) is 23.8 Å². The molecule has 216 valence electrons. The third-order valence-electron chi connectivity index (χ3n) is 12.4. The molecular weight excluding hydrogens is 512 g/mol. The van der Waals surface area contributed by atoms with E-state index in [-0.39, 0.29) is 35.9 Å². The average Bonchev–Trinajstić information content (AvgIpc) is 3.37. The van der Waals surface area contributed by atoms with Crippen molar-refractivity contribution in [2.75, 3.05) is 26.2 Å². The lowest BCUT2D eigenvalue weighted by atomic mass is 9.38. The number of aryl methyl sites for hydroxylation is 1. The number of carbonyl (C=O) groups is 2. The maximum absolute atomic E-state index is 17.7. The number of Topliss-reactive ketones (excluding diaryl/α,β-unsaturated/α-hetero) is 1. The van der Waals surface area contributed by atoms with Gasteiger partial charge >= 0.3 is 0 Å². The maximum atomic E-state index is 17.7. The Kier molecular flexibility index (Phi) is 6.38. The van der Waals surface area contributed by atoms with Crippen LogP contribution < -0.4 is 0 Å². The molecule has 2 N–H and O–H groups in total. The number of allylic oxidation sites excluding steroid dienone is 4. The average molecular weight is 554 g/mol. The van der Waals surface area contributed by atoms with Gasteiger partial charge in [0.25, 0.3) is 0 Å². The minimum absolute atomic E-state index is 0.0399. The monoisotopic (exact) mass is 553 g/mol. The number of benzene rings is 1. The van der Waals surface area contributed by atoms with E-state index < -0.39 is 52.1 Å². The molecule has 0 bridgehead atoms. The predicted octanol–water partition coefficient (Wildman–Crippen LogP) is 4.42. The van der Waals surface area contributed by atoms with Crippen LogP contribution in [0, 0.1) is 33.5 Å². The minimum Gasteiger partial charge on any atom is -0.390 e. The van der Waals surface area contributed by atoms with Gasteiger partial charge in [-0.1, -0.05) is 50.3 Å². The Labute approximate surface area is 235 Å². The molecule has 0 amide bonds. The second-order valence-corrected chi connectivity index (χ2v) is 13.8. The van der Waals surface area contributed by atoms with Crippen molar-refractivity contribution in [3.63, 3.8) is 0 Å². The number of hydrogen-bond donors (Lipinski definition) is 2. The first-order valence-corrected chi connectivity index (χ1v) is 14.7. The normalized spacial score (nSPS) is 45.9. The van der Waals surface area contributed by atoms with Crippen LogP contribution in [0.4, 0.5) is 8.78 Å².